The first kappa shape index (κ1) is 130. The fourth-order valence-corrected chi connectivity index (χ4v) is 14.1. The molecule has 1 radical (unpaired) electrons. The predicted molar refractivity (Wildman–Crippen MR) is 515 cm³/mol. The van der Waals surface area contributed by atoms with E-state index in [1.807, 2.05) is 0 Å². The Labute approximate surface area is 774 Å². The number of carboxylic acid groups (broad SMARTS) is 6. The van der Waals surface area contributed by atoms with Crippen molar-refractivity contribution in [1.29, 1.82) is 0 Å². The molecule has 0 fully saturated rings. The molecule has 0 spiro atoms. The first-order valence-corrected chi connectivity index (χ1v) is 51.8. The van der Waals surface area contributed by atoms with Crippen molar-refractivity contribution in [2.24, 2.45) is 0 Å². The van der Waals surface area contributed by atoms with Crippen molar-refractivity contribution in [2.45, 2.75) is 581 Å². The van der Waals surface area contributed by atoms with Gasteiger partial charge in [-0.05, 0) is 212 Å². The molecule has 0 aliphatic rings. The zero-order chi connectivity index (χ0) is 89.3. The van der Waals surface area contributed by atoms with Crippen LogP contribution in [0.15, 0.2) is 72.9 Å². The second-order valence-electron chi connectivity index (χ2n) is 34.3. The van der Waals surface area contributed by atoms with Crippen molar-refractivity contribution < 1.29 is 90.5 Å². The molecule has 0 unspecified atom stereocenters. The number of rotatable bonds is 90. The van der Waals surface area contributed by atoms with Crippen LogP contribution in [0.4, 0.5) is 0 Å². The van der Waals surface area contributed by atoms with Gasteiger partial charge in [-0.25, -0.2) is 0 Å². The fraction of sp³-hybridized carbons (Fsp3) is 0.833. The van der Waals surface area contributed by atoms with Crippen molar-refractivity contribution in [3.05, 3.63) is 72.9 Å². The molecule has 709 valence electrons. The van der Waals surface area contributed by atoms with Gasteiger partial charge in [0.25, 0.3) is 0 Å². The Hall–Kier alpha value is -3.69. The number of unbranched alkanes of at least 4 members (excludes halogenated alkanes) is 66. The van der Waals surface area contributed by atoms with E-state index in [1.54, 1.807) is 0 Å². The molecule has 0 aliphatic heterocycles. The summed E-state index contributed by atoms with van der Waals surface area (Å²) in [6, 6.07) is 0. The van der Waals surface area contributed by atoms with Crippen molar-refractivity contribution >= 4 is 35.8 Å². The number of aliphatic carboxylic acids is 6. The van der Waals surface area contributed by atoms with E-state index in [9.17, 15) is 44.1 Å². The molecule has 0 saturated carbocycles. The average Bonchev–Trinajstić information content (AvgIpc) is 1.37. The van der Waals surface area contributed by atoms with E-state index in [4.69, 9.17) is 15.3 Å². The summed E-state index contributed by atoms with van der Waals surface area (Å²) in [5.41, 5.74) is 0. The third-order valence-electron chi connectivity index (χ3n) is 21.9. The average molecular weight is 1930 g/mol. The molecule has 0 aromatic rings. The van der Waals surface area contributed by atoms with Crippen LogP contribution >= 0.6 is 0 Å². The van der Waals surface area contributed by atoms with Crippen LogP contribution in [0.1, 0.15) is 581 Å². The first-order chi connectivity index (χ1) is 58.6. The van der Waals surface area contributed by atoms with Crippen LogP contribution in [0.25, 0.3) is 0 Å². The van der Waals surface area contributed by atoms with Crippen molar-refractivity contribution in [3.8, 4) is 0 Å². The normalized spacial score (nSPS) is 11.2. The Morgan fingerprint density at radius 1 is 0.157 bits per heavy atom. The molecule has 0 bridgehead atoms. The summed E-state index contributed by atoms with van der Waals surface area (Å²) in [5, 5.41) is 56.1. The van der Waals surface area contributed by atoms with Gasteiger partial charge in [0.05, 0.1) is 0 Å². The molecule has 12 nitrogen and oxygen atoms in total. The molecule has 13 heteroatoms. The number of carbonyl (C=O) groups excluding carboxylic acids is 3. The quantitative estimate of drug-likeness (QED) is 0.0381. The summed E-state index contributed by atoms with van der Waals surface area (Å²) in [5.74, 6) is -4.81. The molecule has 0 amide bonds. The minimum Gasteiger partial charge on any atom is -0.550 e. The van der Waals surface area contributed by atoms with E-state index in [1.165, 1.54) is 385 Å². The summed E-state index contributed by atoms with van der Waals surface area (Å²) in [6.45, 7) is 13.6. The maximum atomic E-state index is 10.3. The molecule has 0 rings (SSSR count). The maximum absolute atomic E-state index is 10.3. The number of carbonyl (C=O) groups is 6. The van der Waals surface area contributed by atoms with Gasteiger partial charge in [0.2, 0.25) is 0 Å². The standard InChI is InChI=1S/6C18H34O2.U/c6*1-2-3-4-5-6-7-8-9-10-11-12-13-14-15-16-17-18(19)20;/h6*12-13H,2-11,14-17H2,1H3,(H,19,20);/q;;;;;;+3/p-3/b6*13-12-;. The van der Waals surface area contributed by atoms with Crippen molar-refractivity contribution in [3.63, 3.8) is 0 Å². The predicted octanol–water partition coefficient (Wildman–Crippen LogP) is 32.6. The van der Waals surface area contributed by atoms with Crippen LogP contribution in [0.5, 0.6) is 0 Å². The summed E-state index contributed by atoms with van der Waals surface area (Å²) in [7, 11) is 0. The Morgan fingerprint density at radius 3 is 0.347 bits per heavy atom. The molecule has 121 heavy (non-hydrogen) atoms. The van der Waals surface area contributed by atoms with Gasteiger partial charge in [-0.1, -0.05) is 423 Å². The summed E-state index contributed by atoms with van der Waals surface area (Å²) in [6.07, 6.45) is 127. The minimum absolute atomic E-state index is 0. The number of allylic oxidation sites excluding steroid dienone is 12. The van der Waals surface area contributed by atoms with Crippen LogP contribution < -0.4 is 15.3 Å². The molecule has 0 aromatic heterocycles. The SMILES string of the molecule is CCCCCCCCCCC/C=C\CCCCC(=O)O.CCCCCCCCCCC/C=C\CCCCC(=O)O.CCCCCCCCCCC/C=C\CCCCC(=O)O.CCCCCCCCCCC/C=C\CCCCC(=O)[O-].CCCCCCCCCCC/C=C\CCCCC(=O)[O-].CCCCCCCCCCC/C=C\CCCCC(=O)[O-].[U+3]. The zero-order valence-electron chi connectivity index (χ0n) is 80.8. The van der Waals surface area contributed by atoms with Gasteiger partial charge in [-0.3, -0.25) is 14.4 Å². The van der Waals surface area contributed by atoms with Crippen molar-refractivity contribution in [2.75, 3.05) is 0 Å². The van der Waals surface area contributed by atoms with Gasteiger partial charge >= 0.3 is 49.0 Å². The molecule has 3 N–H and O–H groups in total. The van der Waals surface area contributed by atoms with Crippen LogP contribution in [-0.2, 0) is 28.8 Å². The Bertz CT molecular complexity index is 1800. The topological polar surface area (TPSA) is 232 Å². The fourth-order valence-electron chi connectivity index (χ4n) is 14.1. The molecule has 0 atom stereocenters. The summed E-state index contributed by atoms with van der Waals surface area (Å²) < 4.78 is 0. The molecule has 0 saturated heterocycles. The van der Waals surface area contributed by atoms with Gasteiger partial charge in [0.15, 0.2) is 0 Å². The number of hydrogen-bond donors (Lipinski definition) is 3. The van der Waals surface area contributed by atoms with E-state index in [0.717, 1.165) is 116 Å². The molecule has 0 aromatic carbocycles. The first-order valence-electron chi connectivity index (χ1n) is 51.8. The third kappa shape index (κ3) is 157. The van der Waals surface area contributed by atoms with Crippen LogP contribution in [-0.4, -0.2) is 51.1 Å². The largest absolute Gasteiger partial charge is 3.00 e. The smallest absolute Gasteiger partial charge is 0.550 e. The Balaban J connectivity index is -0.000000257. The van der Waals surface area contributed by atoms with Crippen LogP contribution in [0.3, 0.4) is 0 Å². The zero-order valence-corrected chi connectivity index (χ0v) is 85.0. The van der Waals surface area contributed by atoms with Crippen LogP contribution in [0, 0.1) is 31.1 Å². The van der Waals surface area contributed by atoms with Gasteiger partial charge in [-0.15, -0.1) is 0 Å². The molecular formula is C108H201O12U. The van der Waals surface area contributed by atoms with E-state index >= 15 is 0 Å². The maximum Gasteiger partial charge on any atom is 3.00 e. The molecule has 0 heterocycles. The Morgan fingerprint density at radius 2 is 0.248 bits per heavy atom. The van der Waals surface area contributed by atoms with E-state index in [2.05, 4.69) is 114 Å². The number of carboxylic acids is 6. The second-order valence-corrected chi connectivity index (χ2v) is 34.3. The van der Waals surface area contributed by atoms with Crippen LogP contribution in [0.2, 0.25) is 0 Å². The molecule has 0 aliphatic carbocycles. The van der Waals surface area contributed by atoms with E-state index < -0.39 is 35.8 Å². The third-order valence-corrected chi connectivity index (χ3v) is 21.9. The van der Waals surface area contributed by atoms with Gasteiger partial charge in [0, 0.05) is 37.2 Å². The van der Waals surface area contributed by atoms with Gasteiger partial charge in [0.1, 0.15) is 0 Å². The summed E-state index contributed by atoms with van der Waals surface area (Å²) >= 11 is 0. The van der Waals surface area contributed by atoms with Gasteiger partial charge in [-0.2, -0.15) is 0 Å². The van der Waals surface area contributed by atoms with E-state index in [-0.39, 0.29) is 50.4 Å². The van der Waals surface area contributed by atoms with E-state index in [0.29, 0.717) is 19.3 Å². The molecular weight excluding hydrogens is 1730 g/mol. The summed E-state index contributed by atoms with van der Waals surface area (Å²) in [4.78, 5) is 61.6. The second kappa shape index (κ2) is 127. The number of hydrogen-bond acceptors (Lipinski definition) is 9. The monoisotopic (exact) mass is 1930 g/mol. The minimum atomic E-state index is -0.927. The van der Waals surface area contributed by atoms with Gasteiger partial charge < -0.3 is 45.0 Å². The van der Waals surface area contributed by atoms with Crippen molar-refractivity contribution in [1.82, 2.24) is 0 Å². The Kier molecular flexibility index (Phi) is 137.